The van der Waals surface area contributed by atoms with Crippen LogP contribution in [0.15, 0.2) is 45.6 Å². The van der Waals surface area contributed by atoms with Crippen LogP contribution < -0.4 is 5.76 Å². The van der Waals surface area contributed by atoms with E-state index in [2.05, 4.69) is 4.90 Å². The van der Waals surface area contributed by atoms with Crippen LogP contribution in [0.1, 0.15) is 59.9 Å². The maximum Gasteiger partial charge on any atom is 0.420 e. The van der Waals surface area contributed by atoms with Crippen molar-refractivity contribution in [2.75, 3.05) is 32.8 Å². The molecule has 1 atom stereocenters. The van der Waals surface area contributed by atoms with E-state index in [9.17, 15) is 19.5 Å². The lowest BCUT2D eigenvalue weighted by Crippen LogP contribution is -2.42. The van der Waals surface area contributed by atoms with Gasteiger partial charge in [-0.15, -0.1) is 0 Å². The summed E-state index contributed by atoms with van der Waals surface area (Å²) >= 11 is 6.29. The van der Waals surface area contributed by atoms with Crippen LogP contribution in [0.4, 0.5) is 0 Å². The second-order valence-electron chi connectivity index (χ2n) is 11.9. The fraction of sp³-hybridized carbons (Fsp3) is 0.455. The predicted octanol–water partition coefficient (Wildman–Crippen LogP) is 4.20. The largest absolute Gasteiger partial charge is 0.462 e. The molecule has 0 saturated carbocycles. The van der Waals surface area contributed by atoms with Crippen molar-refractivity contribution < 1.29 is 23.8 Å². The quantitative estimate of drug-likeness (QED) is 0.286. The van der Waals surface area contributed by atoms with E-state index < -0.39 is 17.8 Å². The van der Waals surface area contributed by atoms with Crippen molar-refractivity contribution in [3.8, 4) is 11.3 Å². The monoisotopic (exact) mass is 635 g/mol. The van der Waals surface area contributed by atoms with Crippen molar-refractivity contribution in [3.63, 3.8) is 0 Å². The number of piperidine rings is 1. The van der Waals surface area contributed by atoms with Gasteiger partial charge in [0.25, 0.3) is 0 Å². The maximum absolute atomic E-state index is 12.8. The summed E-state index contributed by atoms with van der Waals surface area (Å²) in [6.07, 6.45) is 1.45. The SMILES string of the molecule is CCOC(=O)c1ccc2c(c1)oc(=O)n2C1CCN(CC(O)Cn2nc(-c3ccc(Cl)c(C)c3)c3c2CCN(C(C)=O)C3)CC1. The smallest absolute Gasteiger partial charge is 0.420 e. The van der Waals surface area contributed by atoms with Crippen molar-refractivity contribution in [3.05, 3.63) is 74.4 Å². The number of hydrogen-bond acceptors (Lipinski definition) is 8. The molecule has 1 N–H and O–H groups in total. The fourth-order valence-electron chi connectivity index (χ4n) is 6.57. The van der Waals surface area contributed by atoms with Gasteiger partial charge in [0.15, 0.2) is 5.58 Å². The molecule has 2 aromatic carbocycles. The van der Waals surface area contributed by atoms with Crippen molar-refractivity contribution in [2.45, 2.75) is 65.3 Å². The highest BCUT2D eigenvalue weighted by Crippen LogP contribution is 2.33. The Bertz CT molecular complexity index is 1800. The lowest BCUT2D eigenvalue weighted by atomic mass is 9.99. The van der Waals surface area contributed by atoms with E-state index in [1.807, 2.05) is 34.7 Å². The molecule has 2 aromatic heterocycles. The van der Waals surface area contributed by atoms with Gasteiger partial charge in [0.2, 0.25) is 5.91 Å². The molecule has 1 amide bonds. The van der Waals surface area contributed by atoms with Gasteiger partial charge in [-0.1, -0.05) is 17.7 Å². The number of benzene rings is 2. The zero-order valence-corrected chi connectivity index (χ0v) is 26.5. The van der Waals surface area contributed by atoms with Crippen LogP contribution in [0.5, 0.6) is 0 Å². The van der Waals surface area contributed by atoms with Gasteiger partial charge in [-0.25, -0.2) is 9.59 Å². The topological polar surface area (TPSA) is 123 Å². The summed E-state index contributed by atoms with van der Waals surface area (Å²) in [6.45, 7) is 8.88. The van der Waals surface area contributed by atoms with E-state index in [1.54, 1.807) is 36.6 Å². The standard InChI is InChI=1S/C33H38ClN5O6/c1-4-44-32(42)23-6-8-29-30(16-23)45-33(43)39(29)24-9-12-36(13-10-24)17-25(41)18-38-28-11-14-37(21(3)40)19-26(28)31(35-38)22-5-7-27(34)20(2)15-22/h5-8,15-16,24-25,41H,4,9-14,17-19H2,1-3H3. The molecule has 238 valence electrons. The van der Waals surface area contributed by atoms with E-state index in [0.29, 0.717) is 67.4 Å². The van der Waals surface area contributed by atoms with Gasteiger partial charge >= 0.3 is 11.7 Å². The molecule has 4 aromatic rings. The number of amides is 1. The molecular formula is C33H38ClN5O6. The van der Waals surface area contributed by atoms with Crippen LogP contribution in [-0.2, 0) is 29.0 Å². The Morgan fingerprint density at radius 2 is 1.91 bits per heavy atom. The number of halogens is 1. The number of fused-ring (bicyclic) bond motifs is 2. The van der Waals surface area contributed by atoms with Gasteiger partial charge in [0.05, 0.1) is 36.0 Å². The molecule has 6 rings (SSSR count). The Morgan fingerprint density at radius 1 is 1.13 bits per heavy atom. The summed E-state index contributed by atoms with van der Waals surface area (Å²) in [5.74, 6) is -0.864. The summed E-state index contributed by atoms with van der Waals surface area (Å²) < 4.78 is 14.2. The first-order valence-electron chi connectivity index (χ1n) is 15.5. The maximum atomic E-state index is 12.8. The number of carbonyl (C=O) groups excluding carboxylic acids is 2. The molecule has 2 aliphatic heterocycles. The highest BCUT2D eigenvalue weighted by atomic mass is 35.5. The molecule has 1 saturated heterocycles. The number of aliphatic hydroxyl groups is 1. The number of aliphatic hydroxyl groups excluding tert-OH is 1. The predicted molar refractivity (Wildman–Crippen MR) is 169 cm³/mol. The zero-order chi connectivity index (χ0) is 31.8. The Balaban J connectivity index is 1.13. The molecule has 11 nitrogen and oxygen atoms in total. The Labute approximate surface area is 265 Å². The fourth-order valence-corrected chi connectivity index (χ4v) is 6.69. The van der Waals surface area contributed by atoms with Gasteiger partial charge in [0.1, 0.15) is 0 Å². The number of aryl methyl sites for hydroxylation is 1. The van der Waals surface area contributed by atoms with Gasteiger partial charge in [-0.3, -0.25) is 14.0 Å². The number of carbonyl (C=O) groups is 2. The highest BCUT2D eigenvalue weighted by Gasteiger charge is 2.29. The first kappa shape index (κ1) is 31.1. The molecular weight excluding hydrogens is 598 g/mol. The van der Waals surface area contributed by atoms with Crippen molar-refractivity contribution in [2.24, 2.45) is 0 Å². The lowest BCUT2D eigenvalue weighted by molar-refractivity contribution is -0.129. The second-order valence-corrected chi connectivity index (χ2v) is 12.3. The summed E-state index contributed by atoms with van der Waals surface area (Å²) in [7, 11) is 0. The van der Waals surface area contributed by atoms with E-state index in [-0.39, 0.29) is 18.6 Å². The first-order valence-corrected chi connectivity index (χ1v) is 15.8. The average Bonchev–Trinajstić information content (AvgIpc) is 3.54. The molecule has 45 heavy (non-hydrogen) atoms. The number of hydrogen-bond donors (Lipinski definition) is 1. The van der Waals surface area contributed by atoms with Gasteiger partial charge in [-0.2, -0.15) is 5.10 Å². The minimum absolute atomic E-state index is 0.0298. The van der Waals surface area contributed by atoms with E-state index in [4.69, 9.17) is 25.9 Å². The summed E-state index contributed by atoms with van der Waals surface area (Å²) in [6, 6.07) is 10.7. The molecule has 0 radical (unpaired) electrons. The molecule has 2 aliphatic rings. The van der Waals surface area contributed by atoms with Crippen LogP contribution in [-0.4, -0.2) is 80.0 Å². The molecule has 0 bridgehead atoms. The number of β-amino-alcohol motifs (C(OH)–C–C–N with tert-alkyl or cyclic N) is 1. The lowest BCUT2D eigenvalue weighted by Gasteiger charge is -2.33. The van der Waals surface area contributed by atoms with Crippen LogP contribution in [0.25, 0.3) is 22.4 Å². The van der Waals surface area contributed by atoms with E-state index >= 15 is 0 Å². The third kappa shape index (κ3) is 6.29. The van der Waals surface area contributed by atoms with Crippen LogP contribution in [0, 0.1) is 6.92 Å². The number of aromatic nitrogens is 3. The van der Waals surface area contributed by atoms with Crippen molar-refractivity contribution in [1.82, 2.24) is 24.1 Å². The van der Waals surface area contributed by atoms with E-state index in [0.717, 1.165) is 40.9 Å². The number of oxazole rings is 1. The molecule has 1 fully saturated rings. The number of likely N-dealkylation sites (tertiary alicyclic amines) is 1. The number of nitrogens with zero attached hydrogens (tertiary/aromatic N) is 5. The Kier molecular flexibility index (Phi) is 8.85. The normalized spacial score (nSPS) is 16.6. The highest BCUT2D eigenvalue weighted by molar-refractivity contribution is 6.31. The van der Waals surface area contributed by atoms with Crippen LogP contribution in [0.3, 0.4) is 0 Å². The molecule has 12 heteroatoms. The third-order valence-electron chi connectivity index (χ3n) is 8.91. The summed E-state index contributed by atoms with van der Waals surface area (Å²) in [5, 5.41) is 16.8. The second kappa shape index (κ2) is 12.8. The average molecular weight is 636 g/mol. The van der Waals surface area contributed by atoms with E-state index in [1.165, 1.54) is 0 Å². The van der Waals surface area contributed by atoms with Gasteiger partial charge in [0, 0.05) is 74.0 Å². The molecule has 0 spiro atoms. The van der Waals surface area contributed by atoms with Crippen LogP contribution >= 0.6 is 11.6 Å². The molecule has 0 aliphatic carbocycles. The Morgan fingerprint density at radius 3 is 2.62 bits per heavy atom. The Hall–Kier alpha value is -3.93. The number of ether oxygens (including phenoxy) is 1. The summed E-state index contributed by atoms with van der Waals surface area (Å²) in [4.78, 5) is 41.2. The molecule has 4 heterocycles. The zero-order valence-electron chi connectivity index (χ0n) is 25.8. The minimum atomic E-state index is -0.657. The molecule has 1 unspecified atom stereocenters. The first-order chi connectivity index (χ1) is 21.6. The third-order valence-corrected chi connectivity index (χ3v) is 9.33. The number of esters is 1. The van der Waals surface area contributed by atoms with Crippen LogP contribution in [0.2, 0.25) is 5.02 Å². The van der Waals surface area contributed by atoms with Crippen molar-refractivity contribution >= 4 is 34.6 Å². The summed E-state index contributed by atoms with van der Waals surface area (Å²) in [5.41, 5.74) is 6.13. The van der Waals surface area contributed by atoms with Gasteiger partial charge < -0.3 is 24.1 Å². The van der Waals surface area contributed by atoms with Gasteiger partial charge in [-0.05, 0) is 62.6 Å². The minimum Gasteiger partial charge on any atom is -0.462 e. The number of rotatable bonds is 8. The van der Waals surface area contributed by atoms with Crippen molar-refractivity contribution in [1.29, 1.82) is 0 Å².